The number of aryl methyl sites for hydroxylation is 2. The third kappa shape index (κ3) is 3.19. The lowest BCUT2D eigenvalue weighted by molar-refractivity contribution is 0.602. The highest BCUT2D eigenvalue weighted by atomic mass is 32.2. The van der Waals surface area contributed by atoms with E-state index in [2.05, 4.69) is 17.3 Å². The summed E-state index contributed by atoms with van der Waals surface area (Å²) in [7, 11) is -1.35. The smallest absolute Gasteiger partial charge is 0.177 e. The molecule has 0 unspecified atom stereocenters. The van der Waals surface area contributed by atoms with Crippen LogP contribution in [0, 0.1) is 0 Å². The zero-order valence-corrected chi connectivity index (χ0v) is 12.7. The predicted molar refractivity (Wildman–Crippen MR) is 79.5 cm³/mol. The number of aromatic nitrogens is 2. The van der Waals surface area contributed by atoms with Crippen LogP contribution in [0.3, 0.4) is 0 Å². The van der Waals surface area contributed by atoms with Crippen LogP contribution in [0.5, 0.6) is 0 Å². The highest BCUT2D eigenvalue weighted by Gasteiger charge is 2.13. The van der Waals surface area contributed by atoms with E-state index in [0.717, 1.165) is 17.7 Å². The third-order valence-corrected chi connectivity index (χ3v) is 4.24. The summed E-state index contributed by atoms with van der Waals surface area (Å²) in [5.74, 6) is 0. The van der Waals surface area contributed by atoms with E-state index in [4.69, 9.17) is 0 Å². The quantitative estimate of drug-likeness (QED) is 0.916. The molecular formula is C14H19N3O2S. The molecule has 1 N–H and O–H groups in total. The number of rotatable bonds is 5. The lowest BCUT2D eigenvalue weighted by Crippen LogP contribution is -2.06. The first-order valence-electron chi connectivity index (χ1n) is 6.46. The number of sulfone groups is 1. The number of anilines is 1. The summed E-state index contributed by atoms with van der Waals surface area (Å²) in [5.41, 5.74) is 2.73. The minimum atomic E-state index is -3.23. The zero-order chi connectivity index (χ0) is 14.8. The summed E-state index contributed by atoms with van der Waals surface area (Å²) < 4.78 is 25.2. The summed E-state index contributed by atoms with van der Waals surface area (Å²) in [6.07, 6.45) is 4.02. The molecule has 0 aliphatic heterocycles. The molecule has 0 spiro atoms. The van der Waals surface area contributed by atoms with Gasteiger partial charge in [-0.2, -0.15) is 5.10 Å². The molecule has 0 aliphatic carbocycles. The molecule has 0 radical (unpaired) electrons. The van der Waals surface area contributed by atoms with Gasteiger partial charge in [-0.05, 0) is 18.6 Å². The molecule has 108 valence electrons. The van der Waals surface area contributed by atoms with Crippen molar-refractivity contribution >= 4 is 15.5 Å². The average molecular weight is 293 g/mol. The topological polar surface area (TPSA) is 64.0 Å². The van der Waals surface area contributed by atoms with Crippen molar-refractivity contribution in [2.75, 3.05) is 11.6 Å². The Labute approximate surface area is 119 Å². The van der Waals surface area contributed by atoms with Crippen molar-refractivity contribution in [1.29, 1.82) is 0 Å². The maximum Gasteiger partial charge on any atom is 0.177 e. The van der Waals surface area contributed by atoms with Crippen LogP contribution in [-0.4, -0.2) is 24.5 Å². The van der Waals surface area contributed by atoms with Crippen LogP contribution in [-0.2, 0) is 29.9 Å². The number of nitrogens with zero attached hydrogens (tertiary/aromatic N) is 2. The van der Waals surface area contributed by atoms with E-state index in [1.165, 1.54) is 6.26 Å². The van der Waals surface area contributed by atoms with Crippen molar-refractivity contribution < 1.29 is 8.42 Å². The van der Waals surface area contributed by atoms with Gasteiger partial charge in [0.15, 0.2) is 9.84 Å². The lowest BCUT2D eigenvalue weighted by atomic mass is 10.2. The second-order valence-electron chi connectivity index (χ2n) is 4.75. The van der Waals surface area contributed by atoms with Crippen LogP contribution in [0.1, 0.15) is 18.2 Å². The summed E-state index contributed by atoms with van der Waals surface area (Å²) in [4.78, 5) is 0.321. The molecule has 0 saturated carbocycles. The fourth-order valence-corrected chi connectivity index (χ4v) is 3.02. The van der Waals surface area contributed by atoms with E-state index in [1.807, 2.05) is 19.3 Å². The highest BCUT2D eigenvalue weighted by Crippen LogP contribution is 2.21. The number of para-hydroxylation sites is 1. The Bertz CT molecular complexity index is 705. The minimum Gasteiger partial charge on any atom is -0.380 e. The fraction of sp³-hybridized carbons (Fsp3) is 0.357. The average Bonchev–Trinajstić information content (AvgIpc) is 2.76. The van der Waals surface area contributed by atoms with Crippen LogP contribution in [0.15, 0.2) is 35.4 Å². The van der Waals surface area contributed by atoms with Crippen molar-refractivity contribution in [2.24, 2.45) is 7.05 Å². The summed E-state index contributed by atoms with van der Waals surface area (Å²) in [6, 6.07) is 6.93. The molecule has 0 atom stereocenters. The molecule has 0 aliphatic rings. The Kier molecular flexibility index (Phi) is 4.13. The standard InChI is InChI=1S/C14H19N3O2S/c1-4-12-11(10-17(2)16-12)9-15-13-7-5-6-8-14(13)20(3,18)19/h5-8,10,15H,4,9H2,1-3H3. The molecule has 6 heteroatoms. The Morgan fingerprint density at radius 1 is 1.30 bits per heavy atom. The largest absolute Gasteiger partial charge is 0.380 e. The Morgan fingerprint density at radius 2 is 2.00 bits per heavy atom. The van der Waals surface area contributed by atoms with E-state index in [1.54, 1.807) is 22.9 Å². The Morgan fingerprint density at radius 3 is 2.65 bits per heavy atom. The van der Waals surface area contributed by atoms with Crippen molar-refractivity contribution in [1.82, 2.24) is 9.78 Å². The molecule has 1 aromatic carbocycles. The van der Waals surface area contributed by atoms with Gasteiger partial charge >= 0.3 is 0 Å². The van der Waals surface area contributed by atoms with Gasteiger partial charge in [0, 0.05) is 31.6 Å². The van der Waals surface area contributed by atoms with Crippen molar-refractivity contribution in [2.45, 2.75) is 24.8 Å². The van der Waals surface area contributed by atoms with Crippen LogP contribution >= 0.6 is 0 Å². The van der Waals surface area contributed by atoms with Gasteiger partial charge in [0.1, 0.15) is 0 Å². The van der Waals surface area contributed by atoms with Crippen molar-refractivity contribution in [3.8, 4) is 0 Å². The fourth-order valence-electron chi connectivity index (χ4n) is 2.16. The monoisotopic (exact) mass is 293 g/mol. The number of benzene rings is 1. The first-order valence-corrected chi connectivity index (χ1v) is 8.35. The molecule has 0 fully saturated rings. The normalized spacial score (nSPS) is 11.6. The highest BCUT2D eigenvalue weighted by molar-refractivity contribution is 7.90. The van der Waals surface area contributed by atoms with E-state index >= 15 is 0 Å². The van der Waals surface area contributed by atoms with Crippen molar-refractivity contribution in [3.05, 3.63) is 41.7 Å². The molecule has 1 aromatic heterocycles. The molecule has 20 heavy (non-hydrogen) atoms. The molecule has 0 amide bonds. The van der Waals surface area contributed by atoms with Gasteiger partial charge in [0.05, 0.1) is 16.3 Å². The molecule has 5 nitrogen and oxygen atoms in total. The van der Waals surface area contributed by atoms with Gasteiger partial charge in [-0.1, -0.05) is 19.1 Å². The Balaban J connectivity index is 2.23. The summed E-state index contributed by atoms with van der Waals surface area (Å²) in [6.45, 7) is 2.61. The van der Waals surface area contributed by atoms with Crippen LogP contribution in [0.4, 0.5) is 5.69 Å². The van der Waals surface area contributed by atoms with E-state index < -0.39 is 9.84 Å². The van der Waals surface area contributed by atoms with E-state index in [9.17, 15) is 8.42 Å². The number of nitrogens with one attached hydrogen (secondary N) is 1. The van der Waals surface area contributed by atoms with Gasteiger partial charge in [-0.15, -0.1) is 0 Å². The maximum atomic E-state index is 11.7. The first kappa shape index (κ1) is 14.6. The second kappa shape index (κ2) is 5.66. The van der Waals surface area contributed by atoms with Crippen LogP contribution in [0.2, 0.25) is 0 Å². The van der Waals surface area contributed by atoms with Crippen LogP contribution in [0.25, 0.3) is 0 Å². The SMILES string of the molecule is CCc1nn(C)cc1CNc1ccccc1S(C)(=O)=O. The molecule has 1 heterocycles. The third-order valence-electron chi connectivity index (χ3n) is 3.08. The summed E-state index contributed by atoms with van der Waals surface area (Å²) in [5, 5.41) is 7.56. The van der Waals surface area contributed by atoms with Gasteiger partial charge in [0.2, 0.25) is 0 Å². The molecule has 2 aromatic rings. The first-order chi connectivity index (χ1) is 9.41. The van der Waals surface area contributed by atoms with Crippen LogP contribution < -0.4 is 5.32 Å². The maximum absolute atomic E-state index is 11.7. The van der Waals surface area contributed by atoms with Gasteiger partial charge in [0.25, 0.3) is 0 Å². The van der Waals surface area contributed by atoms with Gasteiger partial charge in [-0.25, -0.2) is 8.42 Å². The van der Waals surface area contributed by atoms with E-state index in [-0.39, 0.29) is 0 Å². The van der Waals surface area contributed by atoms with Gasteiger partial charge < -0.3 is 5.32 Å². The second-order valence-corrected chi connectivity index (χ2v) is 6.73. The Hall–Kier alpha value is -1.82. The zero-order valence-electron chi connectivity index (χ0n) is 11.9. The minimum absolute atomic E-state index is 0.321. The summed E-state index contributed by atoms with van der Waals surface area (Å²) >= 11 is 0. The predicted octanol–water partition coefficient (Wildman–Crippen LogP) is 2.00. The molecule has 2 rings (SSSR count). The number of hydrogen-bond acceptors (Lipinski definition) is 4. The number of hydrogen-bond donors (Lipinski definition) is 1. The van der Waals surface area contributed by atoms with E-state index in [0.29, 0.717) is 17.1 Å². The van der Waals surface area contributed by atoms with Gasteiger partial charge in [-0.3, -0.25) is 4.68 Å². The van der Waals surface area contributed by atoms with Crippen molar-refractivity contribution in [3.63, 3.8) is 0 Å². The molecule has 0 saturated heterocycles. The lowest BCUT2D eigenvalue weighted by Gasteiger charge is -2.10. The molecular weight excluding hydrogens is 274 g/mol. The molecule has 0 bridgehead atoms.